The summed E-state index contributed by atoms with van der Waals surface area (Å²) in [6, 6.07) is 9.87. The summed E-state index contributed by atoms with van der Waals surface area (Å²) in [4.78, 5) is 1.50. The van der Waals surface area contributed by atoms with E-state index in [2.05, 4.69) is 36.0 Å². The summed E-state index contributed by atoms with van der Waals surface area (Å²) >= 11 is 2.09. The lowest BCUT2D eigenvalue weighted by Gasteiger charge is -2.24. The Bertz CT molecular complexity index is 319. The van der Waals surface area contributed by atoms with Gasteiger partial charge in [0, 0.05) is 10.1 Å². The minimum Gasteiger partial charge on any atom is -0.122 e. The van der Waals surface area contributed by atoms with Crippen molar-refractivity contribution in [1.29, 1.82) is 0 Å². The first kappa shape index (κ1) is 7.93. The van der Waals surface area contributed by atoms with Gasteiger partial charge in [0.2, 0.25) is 0 Å². The van der Waals surface area contributed by atoms with Crippen LogP contribution in [0.3, 0.4) is 0 Å². The topological polar surface area (TPSA) is 0 Å². The molecule has 1 radical (unpaired) electrons. The van der Waals surface area contributed by atoms with Gasteiger partial charge in [-0.05, 0) is 36.5 Å². The maximum atomic E-state index is 3.43. The van der Waals surface area contributed by atoms with Crippen LogP contribution in [0.25, 0.3) is 0 Å². The van der Waals surface area contributed by atoms with Gasteiger partial charge in [-0.1, -0.05) is 25.0 Å². The molecule has 1 saturated carbocycles. The Hall–Kier alpha value is -0.430. The number of fused-ring (bicyclic) bond motifs is 3. The molecule has 0 amide bonds. The highest BCUT2D eigenvalue weighted by Gasteiger charge is 2.34. The maximum absolute atomic E-state index is 3.43. The average molecular weight is 189 g/mol. The SMILES string of the molecule is [c]1cccc2c1C1CCCCC1S2. The zero-order valence-corrected chi connectivity index (χ0v) is 8.44. The Morgan fingerprint density at radius 1 is 1.31 bits per heavy atom. The smallest absolute Gasteiger partial charge is 0.0164 e. The second-order valence-corrected chi connectivity index (χ2v) is 5.28. The predicted octanol–water partition coefficient (Wildman–Crippen LogP) is 3.62. The van der Waals surface area contributed by atoms with Crippen LogP contribution in [0.5, 0.6) is 0 Å². The van der Waals surface area contributed by atoms with Crippen LogP contribution in [0.4, 0.5) is 0 Å². The fourth-order valence-corrected chi connectivity index (χ4v) is 4.10. The van der Waals surface area contributed by atoms with Crippen LogP contribution in [0.1, 0.15) is 37.2 Å². The van der Waals surface area contributed by atoms with Gasteiger partial charge in [-0.25, -0.2) is 0 Å². The van der Waals surface area contributed by atoms with Crippen molar-refractivity contribution in [3.63, 3.8) is 0 Å². The molecule has 0 bridgehead atoms. The Labute approximate surface area is 83.7 Å². The van der Waals surface area contributed by atoms with Crippen molar-refractivity contribution >= 4 is 11.8 Å². The Balaban J connectivity index is 2.01. The van der Waals surface area contributed by atoms with Crippen LogP contribution >= 0.6 is 11.8 Å². The van der Waals surface area contributed by atoms with Gasteiger partial charge in [0.15, 0.2) is 0 Å². The van der Waals surface area contributed by atoms with Crippen LogP contribution in [0.15, 0.2) is 23.1 Å². The molecule has 0 nitrogen and oxygen atoms in total. The van der Waals surface area contributed by atoms with Crippen LogP contribution in [-0.2, 0) is 0 Å². The molecule has 2 aliphatic rings. The average Bonchev–Trinajstić information content (AvgIpc) is 2.56. The third-order valence-corrected chi connectivity index (χ3v) is 4.68. The lowest BCUT2D eigenvalue weighted by molar-refractivity contribution is 0.461. The molecule has 1 aliphatic heterocycles. The summed E-state index contributed by atoms with van der Waals surface area (Å²) in [6.45, 7) is 0. The Morgan fingerprint density at radius 2 is 2.23 bits per heavy atom. The van der Waals surface area contributed by atoms with Crippen LogP contribution in [0.2, 0.25) is 0 Å². The van der Waals surface area contributed by atoms with E-state index >= 15 is 0 Å². The third-order valence-electron chi connectivity index (χ3n) is 3.20. The van der Waals surface area contributed by atoms with Crippen molar-refractivity contribution in [3.8, 4) is 0 Å². The highest BCUT2D eigenvalue weighted by atomic mass is 32.2. The van der Waals surface area contributed by atoms with E-state index in [-0.39, 0.29) is 0 Å². The number of benzene rings is 1. The molecule has 1 heteroatoms. The van der Waals surface area contributed by atoms with Crippen molar-refractivity contribution in [2.75, 3.05) is 0 Å². The van der Waals surface area contributed by atoms with Gasteiger partial charge >= 0.3 is 0 Å². The maximum Gasteiger partial charge on any atom is 0.0164 e. The molecule has 0 saturated heterocycles. The fraction of sp³-hybridized carbons (Fsp3) is 0.500. The normalized spacial score (nSPS) is 31.1. The van der Waals surface area contributed by atoms with E-state index in [1.165, 1.54) is 36.1 Å². The minimum absolute atomic E-state index is 0.829. The summed E-state index contributed by atoms with van der Waals surface area (Å²) in [5.41, 5.74) is 1.51. The van der Waals surface area contributed by atoms with E-state index in [4.69, 9.17) is 0 Å². The molecule has 2 atom stereocenters. The van der Waals surface area contributed by atoms with Crippen molar-refractivity contribution in [2.45, 2.75) is 41.7 Å². The predicted molar refractivity (Wildman–Crippen MR) is 56.1 cm³/mol. The second kappa shape index (κ2) is 3.06. The molecule has 1 aromatic carbocycles. The first-order chi connectivity index (χ1) is 6.45. The van der Waals surface area contributed by atoms with E-state index in [0.717, 1.165) is 11.2 Å². The molecule has 1 heterocycles. The summed E-state index contributed by atoms with van der Waals surface area (Å²) in [5, 5.41) is 0.877. The second-order valence-electron chi connectivity index (χ2n) is 4.00. The molecule has 0 N–H and O–H groups in total. The summed E-state index contributed by atoms with van der Waals surface area (Å²) < 4.78 is 0. The number of hydrogen-bond donors (Lipinski definition) is 0. The molecule has 1 aromatic rings. The van der Waals surface area contributed by atoms with Crippen molar-refractivity contribution in [3.05, 3.63) is 29.8 Å². The van der Waals surface area contributed by atoms with Crippen molar-refractivity contribution in [2.24, 2.45) is 0 Å². The van der Waals surface area contributed by atoms with Gasteiger partial charge in [-0.15, -0.1) is 11.8 Å². The Kier molecular flexibility index (Phi) is 1.86. The zero-order chi connectivity index (χ0) is 8.67. The standard InChI is InChI=1S/C12H13S/c1-3-7-11-9(5-1)10-6-2-4-8-12(10)13-11/h1,3,7,10,12H,2,4,6,8H2. The zero-order valence-electron chi connectivity index (χ0n) is 7.62. The lowest BCUT2D eigenvalue weighted by Crippen LogP contribution is -2.14. The number of rotatable bonds is 0. The van der Waals surface area contributed by atoms with Crippen molar-refractivity contribution < 1.29 is 0 Å². The minimum atomic E-state index is 0.829. The number of thioether (sulfide) groups is 1. The molecular weight excluding hydrogens is 176 g/mol. The summed E-state index contributed by atoms with van der Waals surface area (Å²) in [5.74, 6) is 0.829. The van der Waals surface area contributed by atoms with E-state index in [1.54, 1.807) is 0 Å². The molecule has 1 aliphatic carbocycles. The molecule has 13 heavy (non-hydrogen) atoms. The summed E-state index contributed by atoms with van der Waals surface area (Å²) in [7, 11) is 0. The van der Waals surface area contributed by atoms with Gasteiger partial charge in [0.25, 0.3) is 0 Å². The molecule has 1 fully saturated rings. The lowest BCUT2D eigenvalue weighted by atomic mass is 9.84. The molecule has 0 spiro atoms. The quantitative estimate of drug-likeness (QED) is 0.600. The van der Waals surface area contributed by atoms with E-state index in [0.29, 0.717) is 0 Å². The molecule has 67 valence electrons. The van der Waals surface area contributed by atoms with Gasteiger partial charge in [0.05, 0.1) is 0 Å². The number of hydrogen-bond acceptors (Lipinski definition) is 1. The van der Waals surface area contributed by atoms with Crippen molar-refractivity contribution in [1.82, 2.24) is 0 Å². The molecule has 2 unspecified atom stereocenters. The van der Waals surface area contributed by atoms with Crippen LogP contribution < -0.4 is 0 Å². The monoisotopic (exact) mass is 189 g/mol. The van der Waals surface area contributed by atoms with Crippen LogP contribution in [-0.4, -0.2) is 5.25 Å². The first-order valence-corrected chi connectivity index (χ1v) is 6.00. The third kappa shape index (κ3) is 1.21. The molecular formula is C12H13S. The first-order valence-electron chi connectivity index (χ1n) is 5.12. The summed E-state index contributed by atoms with van der Waals surface area (Å²) in [6.07, 6.45) is 5.66. The Morgan fingerprint density at radius 3 is 3.23 bits per heavy atom. The van der Waals surface area contributed by atoms with E-state index in [9.17, 15) is 0 Å². The van der Waals surface area contributed by atoms with Gasteiger partial charge in [-0.3, -0.25) is 0 Å². The molecule has 0 aromatic heterocycles. The van der Waals surface area contributed by atoms with E-state index in [1.807, 2.05) is 0 Å². The van der Waals surface area contributed by atoms with Gasteiger partial charge in [-0.2, -0.15) is 0 Å². The van der Waals surface area contributed by atoms with Gasteiger partial charge in [0.1, 0.15) is 0 Å². The highest BCUT2D eigenvalue weighted by molar-refractivity contribution is 8.00. The van der Waals surface area contributed by atoms with Gasteiger partial charge < -0.3 is 0 Å². The van der Waals surface area contributed by atoms with E-state index < -0.39 is 0 Å². The largest absolute Gasteiger partial charge is 0.122 e. The molecule has 3 rings (SSSR count). The van der Waals surface area contributed by atoms with Crippen LogP contribution in [0, 0.1) is 6.07 Å². The highest BCUT2D eigenvalue weighted by Crippen LogP contribution is 2.51. The fourth-order valence-electron chi connectivity index (χ4n) is 2.56.